The molecule has 1 amide bonds. The fourth-order valence-corrected chi connectivity index (χ4v) is 3.17. The molecule has 0 radical (unpaired) electrons. The van der Waals surface area contributed by atoms with Crippen molar-refractivity contribution < 1.29 is 4.79 Å². The lowest BCUT2D eigenvalue weighted by Crippen LogP contribution is -2.41. The van der Waals surface area contributed by atoms with Crippen LogP contribution in [0.5, 0.6) is 0 Å². The topological polar surface area (TPSA) is 41.1 Å². The van der Waals surface area contributed by atoms with E-state index in [1.807, 2.05) is 12.1 Å². The smallest absolute Gasteiger partial charge is 0.238 e. The second kappa shape index (κ2) is 5.63. The number of hydrogen-bond acceptors (Lipinski definition) is 3. The summed E-state index contributed by atoms with van der Waals surface area (Å²) in [5.41, 5.74) is 1.14. The van der Waals surface area contributed by atoms with E-state index in [9.17, 15) is 4.79 Å². The van der Waals surface area contributed by atoms with E-state index >= 15 is 0 Å². The second-order valence-corrected chi connectivity index (χ2v) is 5.70. The largest absolute Gasteiger partial charge is 0.351 e. The van der Waals surface area contributed by atoms with Gasteiger partial charge in [0.2, 0.25) is 5.91 Å². The second-order valence-electron chi connectivity index (χ2n) is 4.67. The van der Waals surface area contributed by atoms with Crippen LogP contribution in [-0.4, -0.2) is 23.6 Å². The number of rotatable bonds is 3. The van der Waals surface area contributed by atoms with E-state index in [1.165, 1.54) is 10.8 Å². The van der Waals surface area contributed by atoms with Crippen LogP contribution in [0.15, 0.2) is 42.5 Å². The first-order valence-corrected chi connectivity index (χ1v) is 7.55. The highest BCUT2D eigenvalue weighted by molar-refractivity contribution is 7.99. The molecule has 2 aromatic carbocycles. The molecule has 0 aliphatic carbocycles. The molecule has 2 aromatic rings. The molecule has 0 unspecified atom stereocenters. The maximum absolute atomic E-state index is 11.9. The number of amides is 1. The van der Waals surface area contributed by atoms with Crippen molar-refractivity contribution in [2.75, 3.05) is 11.6 Å². The molecular formula is C15H16N2OS. The molecular weight excluding hydrogens is 256 g/mol. The Morgan fingerprint density at radius 3 is 2.89 bits per heavy atom. The van der Waals surface area contributed by atoms with Gasteiger partial charge < -0.3 is 5.32 Å². The average Bonchev–Trinajstić information content (AvgIpc) is 2.99. The fourth-order valence-electron chi connectivity index (χ4n) is 2.22. The van der Waals surface area contributed by atoms with Crippen LogP contribution >= 0.6 is 11.8 Å². The van der Waals surface area contributed by atoms with Crippen LogP contribution in [0.4, 0.5) is 0 Å². The lowest BCUT2D eigenvalue weighted by Gasteiger charge is -2.11. The summed E-state index contributed by atoms with van der Waals surface area (Å²) in [7, 11) is 0. The summed E-state index contributed by atoms with van der Waals surface area (Å²) in [6.45, 7) is 0.590. The first-order chi connectivity index (χ1) is 9.33. The third-order valence-corrected chi connectivity index (χ3v) is 4.25. The Labute approximate surface area is 116 Å². The number of nitrogens with one attached hydrogen (secondary N) is 2. The maximum atomic E-state index is 11.9. The Bertz CT molecular complexity index is 593. The molecule has 0 aromatic heterocycles. The molecule has 19 heavy (non-hydrogen) atoms. The summed E-state index contributed by atoms with van der Waals surface area (Å²) < 4.78 is 0. The van der Waals surface area contributed by atoms with Gasteiger partial charge in [0.15, 0.2) is 0 Å². The van der Waals surface area contributed by atoms with Crippen LogP contribution in [0.1, 0.15) is 5.56 Å². The molecule has 3 nitrogen and oxygen atoms in total. The van der Waals surface area contributed by atoms with E-state index in [4.69, 9.17) is 0 Å². The summed E-state index contributed by atoms with van der Waals surface area (Å²) in [6.07, 6.45) is 0. The molecule has 1 saturated heterocycles. The zero-order valence-electron chi connectivity index (χ0n) is 10.6. The lowest BCUT2D eigenvalue weighted by molar-refractivity contribution is -0.122. The molecule has 4 heteroatoms. The highest BCUT2D eigenvalue weighted by Gasteiger charge is 2.21. The number of fused-ring (bicyclic) bond motifs is 1. The molecule has 0 spiro atoms. The zero-order chi connectivity index (χ0) is 13.1. The standard InChI is InChI=1S/C15H16N2OS/c18-15(14-9-19-10-17-14)16-8-11-5-6-12-3-1-2-4-13(12)7-11/h1-7,14,17H,8-10H2,(H,16,18)/t14-/m1/s1. The minimum Gasteiger partial charge on any atom is -0.351 e. The van der Waals surface area contributed by atoms with Crippen molar-refractivity contribution in [2.45, 2.75) is 12.6 Å². The van der Waals surface area contributed by atoms with Crippen molar-refractivity contribution >= 4 is 28.4 Å². The number of hydrogen-bond donors (Lipinski definition) is 2. The van der Waals surface area contributed by atoms with Gasteiger partial charge in [-0.05, 0) is 22.4 Å². The summed E-state index contributed by atoms with van der Waals surface area (Å²) in [4.78, 5) is 11.9. The van der Waals surface area contributed by atoms with Crippen LogP contribution < -0.4 is 10.6 Å². The van der Waals surface area contributed by atoms with Crippen molar-refractivity contribution in [3.05, 3.63) is 48.0 Å². The highest BCUT2D eigenvalue weighted by Crippen LogP contribution is 2.15. The van der Waals surface area contributed by atoms with Gasteiger partial charge >= 0.3 is 0 Å². The third kappa shape index (κ3) is 2.91. The third-order valence-electron chi connectivity index (χ3n) is 3.31. The van der Waals surface area contributed by atoms with E-state index in [2.05, 4.69) is 41.0 Å². The SMILES string of the molecule is O=C(NCc1ccc2ccccc2c1)[C@H]1CSCN1. The monoisotopic (exact) mass is 272 g/mol. The minimum absolute atomic E-state index is 0.0366. The Hall–Kier alpha value is -1.52. The van der Waals surface area contributed by atoms with Crippen molar-refractivity contribution in [3.63, 3.8) is 0 Å². The van der Waals surface area contributed by atoms with Gasteiger partial charge in [0.25, 0.3) is 0 Å². The van der Waals surface area contributed by atoms with Crippen molar-refractivity contribution in [1.29, 1.82) is 0 Å². The number of carbonyl (C=O) groups excluding carboxylic acids is 1. The molecule has 1 atom stereocenters. The molecule has 1 fully saturated rings. The van der Waals surface area contributed by atoms with E-state index in [0.717, 1.165) is 17.2 Å². The molecule has 98 valence electrons. The fraction of sp³-hybridized carbons (Fsp3) is 0.267. The Kier molecular flexibility index (Phi) is 3.71. The van der Waals surface area contributed by atoms with Gasteiger partial charge in [0.05, 0.1) is 6.04 Å². The van der Waals surface area contributed by atoms with E-state index in [-0.39, 0.29) is 11.9 Å². The lowest BCUT2D eigenvalue weighted by atomic mass is 10.1. The highest BCUT2D eigenvalue weighted by atomic mass is 32.2. The quantitative estimate of drug-likeness (QED) is 0.899. The number of benzene rings is 2. The average molecular weight is 272 g/mol. The van der Waals surface area contributed by atoms with Crippen molar-refractivity contribution in [2.24, 2.45) is 0 Å². The van der Waals surface area contributed by atoms with Crippen LogP contribution in [-0.2, 0) is 11.3 Å². The molecule has 2 N–H and O–H groups in total. The molecule has 1 heterocycles. The summed E-state index contributed by atoms with van der Waals surface area (Å²) >= 11 is 1.76. The zero-order valence-corrected chi connectivity index (χ0v) is 11.4. The normalized spacial score (nSPS) is 18.6. The van der Waals surface area contributed by atoms with Crippen molar-refractivity contribution in [1.82, 2.24) is 10.6 Å². The molecule has 0 bridgehead atoms. The van der Waals surface area contributed by atoms with Gasteiger partial charge in [0.1, 0.15) is 0 Å². The van der Waals surface area contributed by atoms with Gasteiger partial charge in [-0.15, -0.1) is 11.8 Å². The number of carbonyl (C=O) groups is 1. The van der Waals surface area contributed by atoms with E-state index in [0.29, 0.717) is 6.54 Å². The predicted octanol–water partition coefficient (Wildman–Crippen LogP) is 2.12. The van der Waals surface area contributed by atoms with Crippen LogP contribution in [0.2, 0.25) is 0 Å². The molecule has 1 aliphatic rings. The van der Waals surface area contributed by atoms with E-state index < -0.39 is 0 Å². The van der Waals surface area contributed by atoms with Crippen LogP contribution in [0.25, 0.3) is 10.8 Å². The van der Waals surface area contributed by atoms with Gasteiger partial charge in [0, 0.05) is 18.2 Å². The summed E-state index contributed by atoms with van der Waals surface area (Å²) in [6, 6.07) is 14.5. The van der Waals surface area contributed by atoms with Gasteiger partial charge in [-0.3, -0.25) is 10.1 Å². The van der Waals surface area contributed by atoms with Gasteiger partial charge in [-0.1, -0.05) is 36.4 Å². The van der Waals surface area contributed by atoms with Gasteiger partial charge in [-0.25, -0.2) is 0 Å². The van der Waals surface area contributed by atoms with Crippen LogP contribution in [0, 0.1) is 0 Å². The first kappa shape index (κ1) is 12.5. The molecule has 3 rings (SSSR count). The summed E-state index contributed by atoms with van der Waals surface area (Å²) in [5, 5.41) is 8.60. The maximum Gasteiger partial charge on any atom is 0.238 e. The number of thioether (sulfide) groups is 1. The summed E-state index contributed by atoms with van der Waals surface area (Å²) in [5.74, 6) is 1.83. The Morgan fingerprint density at radius 1 is 1.26 bits per heavy atom. The minimum atomic E-state index is -0.0366. The van der Waals surface area contributed by atoms with Crippen molar-refractivity contribution in [3.8, 4) is 0 Å². The predicted molar refractivity (Wildman–Crippen MR) is 80.0 cm³/mol. The Balaban J connectivity index is 1.66. The Morgan fingerprint density at radius 2 is 2.11 bits per heavy atom. The van der Waals surface area contributed by atoms with E-state index in [1.54, 1.807) is 11.8 Å². The van der Waals surface area contributed by atoms with Gasteiger partial charge in [-0.2, -0.15) is 0 Å². The van der Waals surface area contributed by atoms with Crippen LogP contribution in [0.3, 0.4) is 0 Å². The first-order valence-electron chi connectivity index (χ1n) is 6.39. The molecule has 0 saturated carbocycles. The molecule has 1 aliphatic heterocycles.